The van der Waals surface area contributed by atoms with Gasteiger partial charge in [0.05, 0.1) is 12.8 Å². The molecule has 0 aliphatic heterocycles. The lowest BCUT2D eigenvalue weighted by atomic mass is 9.81. The molecule has 0 bridgehead atoms. The third-order valence-corrected chi connectivity index (χ3v) is 4.20. The van der Waals surface area contributed by atoms with Crippen molar-refractivity contribution in [1.29, 1.82) is 0 Å². The highest BCUT2D eigenvalue weighted by Crippen LogP contribution is 2.28. The van der Waals surface area contributed by atoms with E-state index in [2.05, 4.69) is 10.6 Å². The number of rotatable bonds is 10. The maximum atomic E-state index is 11.5. The minimum absolute atomic E-state index is 0.00881. The number of hydrogen-bond donors (Lipinski definition) is 4. The number of carbonyl (C=O) groups excluding carboxylic acids is 2. The third kappa shape index (κ3) is 9.12. The van der Waals surface area contributed by atoms with Gasteiger partial charge in [-0.25, -0.2) is 0 Å². The number of carboxylic acid groups (broad SMARTS) is 2. The van der Waals surface area contributed by atoms with Crippen LogP contribution in [0.2, 0.25) is 0 Å². The fourth-order valence-electron chi connectivity index (χ4n) is 2.91. The Hall–Kier alpha value is -2.12. The number of hydrogen-bond acceptors (Lipinski definition) is 4. The number of amides is 2. The average molecular weight is 342 g/mol. The molecule has 136 valence electrons. The molecule has 4 N–H and O–H groups in total. The van der Waals surface area contributed by atoms with Gasteiger partial charge in [0, 0.05) is 25.9 Å². The van der Waals surface area contributed by atoms with Crippen LogP contribution in [0.3, 0.4) is 0 Å². The first-order chi connectivity index (χ1) is 11.4. The van der Waals surface area contributed by atoms with Crippen LogP contribution in [0.15, 0.2) is 0 Å². The largest absolute Gasteiger partial charge is 0.481 e. The molecule has 0 spiro atoms. The van der Waals surface area contributed by atoms with Crippen LogP contribution in [0, 0.1) is 11.8 Å². The van der Waals surface area contributed by atoms with E-state index in [-0.39, 0.29) is 37.5 Å². The summed E-state index contributed by atoms with van der Waals surface area (Å²) in [7, 11) is 0. The quantitative estimate of drug-likeness (QED) is 0.463. The van der Waals surface area contributed by atoms with Crippen LogP contribution in [0.5, 0.6) is 0 Å². The van der Waals surface area contributed by atoms with Crippen LogP contribution in [-0.2, 0) is 19.2 Å². The molecule has 0 heterocycles. The fourth-order valence-corrected chi connectivity index (χ4v) is 2.91. The Morgan fingerprint density at radius 2 is 1.17 bits per heavy atom. The molecule has 0 aromatic carbocycles. The number of carbonyl (C=O) groups is 4. The Bertz CT molecular complexity index is 425. The van der Waals surface area contributed by atoms with Crippen molar-refractivity contribution in [1.82, 2.24) is 10.6 Å². The molecule has 1 fully saturated rings. The number of aliphatic carboxylic acids is 2. The topological polar surface area (TPSA) is 133 Å². The van der Waals surface area contributed by atoms with Gasteiger partial charge < -0.3 is 20.8 Å². The van der Waals surface area contributed by atoms with Gasteiger partial charge in [0.25, 0.3) is 0 Å². The van der Waals surface area contributed by atoms with E-state index in [1.165, 1.54) is 0 Å². The lowest BCUT2D eigenvalue weighted by Crippen LogP contribution is -2.35. The van der Waals surface area contributed by atoms with Gasteiger partial charge in [0.1, 0.15) is 0 Å². The Kier molecular flexibility index (Phi) is 8.81. The van der Waals surface area contributed by atoms with Crippen molar-refractivity contribution in [2.45, 2.75) is 51.4 Å². The van der Waals surface area contributed by atoms with Gasteiger partial charge in [-0.15, -0.1) is 0 Å². The van der Waals surface area contributed by atoms with Crippen molar-refractivity contribution in [3.63, 3.8) is 0 Å². The van der Waals surface area contributed by atoms with Crippen molar-refractivity contribution in [2.75, 3.05) is 13.1 Å². The smallest absolute Gasteiger partial charge is 0.303 e. The zero-order valence-corrected chi connectivity index (χ0v) is 13.8. The van der Waals surface area contributed by atoms with Crippen molar-refractivity contribution in [2.24, 2.45) is 11.8 Å². The Morgan fingerprint density at radius 3 is 1.54 bits per heavy atom. The molecule has 0 aromatic rings. The van der Waals surface area contributed by atoms with E-state index >= 15 is 0 Å². The predicted octanol–water partition coefficient (Wildman–Crippen LogP) is 0.755. The van der Waals surface area contributed by atoms with Gasteiger partial charge in [-0.2, -0.15) is 0 Å². The van der Waals surface area contributed by atoms with Crippen molar-refractivity contribution < 1.29 is 29.4 Å². The molecule has 1 saturated carbocycles. The summed E-state index contributed by atoms with van der Waals surface area (Å²) in [6.07, 6.45) is 3.56. The van der Waals surface area contributed by atoms with Crippen molar-refractivity contribution in [3.05, 3.63) is 0 Å². The van der Waals surface area contributed by atoms with Gasteiger partial charge in [-0.05, 0) is 31.1 Å². The highest BCUT2D eigenvalue weighted by atomic mass is 16.4. The lowest BCUT2D eigenvalue weighted by Gasteiger charge is -2.29. The van der Waals surface area contributed by atoms with Crippen LogP contribution < -0.4 is 10.6 Å². The molecule has 8 heteroatoms. The SMILES string of the molecule is O=C(O)CCC(=O)NC[C@H]1CCC[C@@H](CNC(=O)CCC(=O)O)C1. The first-order valence-corrected chi connectivity index (χ1v) is 8.33. The molecule has 2 amide bonds. The van der Waals surface area contributed by atoms with E-state index in [9.17, 15) is 19.2 Å². The molecule has 0 radical (unpaired) electrons. The van der Waals surface area contributed by atoms with Crippen LogP contribution >= 0.6 is 0 Å². The molecule has 1 rings (SSSR count). The zero-order valence-electron chi connectivity index (χ0n) is 13.8. The minimum atomic E-state index is -0.985. The molecule has 0 unspecified atom stereocenters. The Labute approximate surface area is 141 Å². The first kappa shape index (κ1) is 19.9. The highest BCUT2D eigenvalue weighted by Gasteiger charge is 2.23. The minimum Gasteiger partial charge on any atom is -0.481 e. The summed E-state index contributed by atoms with van der Waals surface area (Å²) in [6.45, 7) is 1.06. The molecule has 24 heavy (non-hydrogen) atoms. The lowest BCUT2D eigenvalue weighted by molar-refractivity contribution is -0.139. The maximum Gasteiger partial charge on any atom is 0.303 e. The highest BCUT2D eigenvalue weighted by molar-refractivity contribution is 5.81. The summed E-state index contributed by atoms with van der Waals surface area (Å²) in [5, 5.41) is 22.6. The second kappa shape index (κ2) is 10.6. The normalized spacial score (nSPS) is 20.2. The summed E-state index contributed by atoms with van der Waals surface area (Å²) >= 11 is 0. The summed E-state index contributed by atoms with van der Waals surface area (Å²) in [4.78, 5) is 43.9. The van der Waals surface area contributed by atoms with E-state index in [4.69, 9.17) is 10.2 Å². The molecule has 1 aliphatic carbocycles. The Morgan fingerprint density at radius 1 is 0.750 bits per heavy atom. The van der Waals surface area contributed by atoms with Crippen LogP contribution in [0.1, 0.15) is 51.4 Å². The molecule has 0 saturated heterocycles. The zero-order chi connectivity index (χ0) is 17.9. The molecular weight excluding hydrogens is 316 g/mol. The van der Waals surface area contributed by atoms with Gasteiger partial charge in [-0.3, -0.25) is 19.2 Å². The van der Waals surface area contributed by atoms with E-state index in [0.717, 1.165) is 25.7 Å². The average Bonchev–Trinajstić information content (AvgIpc) is 2.54. The molecule has 8 nitrogen and oxygen atoms in total. The van der Waals surface area contributed by atoms with Crippen molar-refractivity contribution >= 4 is 23.8 Å². The van der Waals surface area contributed by atoms with E-state index in [1.807, 2.05) is 0 Å². The maximum absolute atomic E-state index is 11.5. The van der Waals surface area contributed by atoms with Gasteiger partial charge in [-0.1, -0.05) is 6.42 Å². The van der Waals surface area contributed by atoms with Crippen LogP contribution in [0.4, 0.5) is 0 Å². The van der Waals surface area contributed by atoms with E-state index in [1.54, 1.807) is 0 Å². The number of carboxylic acids is 2. The van der Waals surface area contributed by atoms with E-state index < -0.39 is 11.9 Å². The molecule has 1 aliphatic rings. The van der Waals surface area contributed by atoms with Crippen LogP contribution in [-0.4, -0.2) is 47.1 Å². The Balaban J connectivity index is 2.21. The molecule has 2 atom stereocenters. The number of nitrogens with one attached hydrogen (secondary N) is 2. The summed E-state index contributed by atoms with van der Waals surface area (Å²) < 4.78 is 0. The van der Waals surface area contributed by atoms with Crippen LogP contribution in [0.25, 0.3) is 0 Å². The summed E-state index contributed by atoms with van der Waals surface area (Å²) in [5.41, 5.74) is 0. The van der Waals surface area contributed by atoms with Gasteiger partial charge >= 0.3 is 11.9 Å². The third-order valence-electron chi connectivity index (χ3n) is 4.20. The first-order valence-electron chi connectivity index (χ1n) is 8.33. The summed E-state index contributed by atoms with van der Waals surface area (Å²) in [5.74, 6) is -1.81. The molecule has 0 aromatic heterocycles. The monoisotopic (exact) mass is 342 g/mol. The molecular formula is C16H26N2O6. The standard InChI is InChI=1S/C16H26N2O6/c19-13(4-6-15(21)22)17-9-11-2-1-3-12(8-11)10-18-14(20)5-7-16(23)24/h11-12H,1-10H2,(H,17,19)(H,18,20)(H,21,22)(H,23,24)/t11-,12+. The predicted molar refractivity (Wildman–Crippen MR) is 85.2 cm³/mol. The fraction of sp³-hybridized carbons (Fsp3) is 0.750. The summed E-state index contributed by atoms with van der Waals surface area (Å²) in [6, 6.07) is 0. The second-order valence-electron chi connectivity index (χ2n) is 6.29. The van der Waals surface area contributed by atoms with Crippen molar-refractivity contribution in [3.8, 4) is 0 Å². The van der Waals surface area contributed by atoms with Gasteiger partial charge in [0.2, 0.25) is 11.8 Å². The second-order valence-corrected chi connectivity index (χ2v) is 6.29. The van der Waals surface area contributed by atoms with Gasteiger partial charge in [0.15, 0.2) is 0 Å². The van der Waals surface area contributed by atoms with E-state index in [0.29, 0.717) is 24.9 Å².